The Balaban J connectivity index is 1.55. The molecule has 0 spiro atoms. The zero-order valence-electron chi connectivity index (χ0n) is 19.2. The number of ether oxygens (including phenoxy) is 1. The third-order valence-corrected chi connectivity index (χ3v) is 7.91. The lowest BCUT2D eigenvalue weighted by molar-refractivity contribution is -0.0494. The fourth-order valence-electron chi connectivity index (χ4n) is 4.06. The number of halogens is 2. The Morgan fingerprint density at radius 1 is 1.25 bits per heavy atom. The summed E-state index contributed by atoms with van der Waals surface area (Å²) >= 11 is 0. The van der Waals surface area contributed by atoms with E-state index in [4.69, 9.17) is 0 Å². The van der Waals surface area contributed by atoms with Gasteiger partial charge in [-0.1, -0.05) is 0 Å². The zero-order chi connectivity index (χ0) is 25.6. The van der Waals surface area contributed by atoms with E-state index in [0.29, 0.717) is 18.7 Å². The Hall–Kier alpha value is -3.91. The molecule has 5 rings (SSSR count). The number of likely N-dealkylation sites (tertiary alicyclic amines) is 1. The number of carbonyl (C=O) groups is 1. The number of rotatable bonds is 7. The summed E-state index contributed by atoms with van der Waals surface area (Å²) in [6, 6.07) is 5.32. The van der Waals surface area contributed by atoms with Gasteiger partial charge >= 0.3 is 6.61 Å². The molecule has 0 aliphatic carbocycles. The minimum absolute atomic E-state index is 0.00191. The molecule has 188 valence electrons. The van der Waals surface area contributed by atoms with Crippen LogP contribution in [0.1, 0.15) is 10.4 Å². The Labute approximate surface area is 204 Å². The van der Waals surface area contributed by atoms with Crippen LogP contribution in [0.3, 0.4) is 0 Å². The van der Waals surface area contributed by atoms with Gasteiger partial charge in [-0.3, -0.25) is 9.48 Å². The highest BCUT2D eigenvalue weighted by Gasteiger charge is 2.37. The molecule has 0 atom stereocenters. The number of benzene rings is 1. The van der Waals surface area contributed by atoms with E-state index in [1.807, 2.05) is 4.90 Å². The van der Waals surface area contributed by atoms with E-state index < -0.39 is 27.6 Å². The molecule has 0 unspecified atom stereocenters. The summed E-state index contributed by atoms with van der Waals surface area (Å²) in [7, 11) is -0.343. The highest BCUT2D eigenvalue weighted by molar-refractivity contribution is 7.92. The van der Waals surface area contributed by atoms with Crippen LogP contribution >= 0.6 is 0 Å². The van der Waals surface area contributed by atoms with Crippen molar-refractivity contribution in [2.75, 3.05) is 25.5 Å². The Kier molecular flexibility index (Phi) is 5.92. The van der Waals surface area contributed by atoms with Gasteiger partial charge in [-0.15, -0.1) is 0 Å². The van der Waals surface area contributed by atoms with Crippen molar-refractivity contribution in [3.05, 3.63) is 54.6 Å². The lowest BCUT2D eigenvalue weighted by Gasteiger charge is -2.35. The van der Waals surface area contributed by atoms with Crippen LogP contribution in [0.15, 0.2) is 53.9 Å². The van der Waals surface area contributed by atoms with E-state index in [9.17, 15) is 22.0 Å². The first-order valence-electron chi connectivity index (χ1n) is 10.8. The lowest BCUT2D eigenvalue weighted by Crippen LogP contribution is -2.52. The predicted octanol–water partition coefficient (Wildman–Crippen LogP) is 2.07. The number of amides is 1. The second kappa shape index (κ2) is 8.95. The number of aromatic nitrogens is 5. The molecule has 4 aromatic rings. The molecule has 0 saturated carbocycles. The van der Waals surface area contributed by atoms with Gasteiger partial charge in [-0.05, 0) is 31.3 Å². The number of nitrogens with one attached hydrogen (secondary N) is 1. The van der Waals surface area contributed by atoms with Gasteiger partial charge in [0, 0.05) is 44.3 Å². The van der Waals surface area contributed by atoms with Crippen LogP contribution in [-0.4, -0.2) is 75.6 Å². The average Bonchev–Trinajstić information content (AvgIpc) is 3.40. The molecule has 1 N–H and O–H groups in total. The zero-order valence-corrected chi connectivity index (χ0v) is 20.0. The number of aryl methyl sites for hydroxylation is 1. The van der Waals surface area contributed by atoms with E-state index in [-0.39, 0.29) is 33.2 Å². The van der Waals surface area contributed by atoms with Crippen molar-refractivity contribution in [3.63, 3.8) is 0 Å². The highest BCUT2D eigenvalue weighted by Crippen LogP contribution is 2.38. The molecule has 3 aromatic heterocycles. The Morgan fingerprint density at radius 2 is 2.03 bits per heavy atom. The van der Waals surface area contributed by atoms with Gasteiger partial charge in [0.25, 0.3) is 5.91 Å². The van der Waals surface area contributed by atoms with E-state index in [1.54, 1.807) is 26.4 Å². The summed E-state index contributed by atoms with van der Waals surface area (Å²) in [5, 5.41) is 10.5. The second-order valence-electron chi connectivity index (χ2n) is 8.39. The molecule has 1 amide bonds. The molecule has 1 saturated heterocycles. The Morgan fingerprint density at radius 3 is 2.75 bits per heavy atom. The quantitative estimate of drug-likeness (QED) is 0.395. The maximum atomic E-state index is 13.2. The van der Waals surface area contributed by atoms with Gasteiger partial charge in [0.05, 0.1) is 22.0 Å². The Bertz CT molecular complexity index is 1560. The number of hydrogen-bond donors (Lipinski definition) is 1. The molecule has 14 heteroatoms. The predicted molar refractivity (Wildman–Crippen MR) is 125 cm³/mol. The van der Waals surface area contributed by atoms with Gasteiger partial charge in [0.15, 0.2) is 15.5 Å². The molecule has 0 radical (unpaired) electrons. The molecule has 1 fully saturated rings. The third kappa shape index (κ3) is 4.28. The van der Waals surface area contributed by atoms with E-state index in [1.165, 1.54) is 46.0 Å². The van der Waals surface area contributed by atoms with Crippen molar-refractivity contribution in [1.29, 1.82) is 0 Å². The van der Waals surface area contributed by atoms with Crippen molar-refractivity contribution in [3.8, 4) is 17.0 Å². The van der Waals surface area contributed by atoms with Crippen molar-refractivity contribution in [1.82, 2.24) is 29.3 Å². The van der Waals surface area contributed by atoms with Crippen LogP contribution in [0, 0.1) is 0 Å². The van der Waals surface area contributed by atoms with Crippen molar-refractivity contribution >= 4 is 27.1 Å². The van der Waals surface area contributed by atoms with Crippen LogP contribution in [-0.2, 0) is 16.9 Å². The molecular formula is C22H21F2N7O4S. The first kappa shape index (κ1) is 23.8. The van der Waals surface area contributed by atoms with Crippen LogP contribution < -0.4 is 10.1 Å². The molecule has 11 nitrogen and oxygen atoms in total. The first-order chi connectivity index (χ1) is 17.1. The fraction of sp³-hybridized carbons (Fsp3) is 0.273. The van der Waals surface area contributed by atoms with Crippen molar-refractivity contribution < 1.29 is 26.7 Å². The summed E-state index contributed by atoms with van der Waals surface area (Å²) in [6.45, 7) is -2.42. The number of hydrogen-bond acceptors (Lipinski definition) is 8. The molecule has 1 aromatic carbocycles. The second-order valence-corrected chi connectivity index (χ2v) is 10.6. The maximum Gasteiger partial charge on any atom is 0.387 e. The maximum absolute atomic E-state index is 13.2. The van der Waals surface area contributed by atoms with E-state index in [2.05, 4.69) is 25.2 Å². The number of nitrogens with zero attached hydrogens (tertiary/aromatic N) is 6. The van der Waals surface area contributed by atoms with Crippen LogP contribution in [0.5, 0.6) is 5.75 Å². The lowest BCUT2D eigenvalue weighted by atomic mass is 10.1. The summed E-state index contributed by atoms with van der Waals surface area (Å²) in [5.74, 6) is -0.836. The molecule has 1 aliphatic rings. The van der Waals surface area contributed by atoms with Crippen LogP contribution in [0.25, 0.3) is 16.9 Å². The summed E-state index contributed by atoms with van der Waals surface area (Å²) in [6.07, 6.45) is 5.97. The SMILES string of the molecule is CN1CC(S(=O)(=O)c2ccc(OC(F)F)c(-c3nn(C)cc3NC(=O)c3cnn4cccnc34)c2)C1. The summed E-state index contributed by atoms with van der Waals surface area (Å²) in [4.78, 5) is 19.0. The number of sulfone groups is 1. The molecule has 0 bridgehead atoms. The summed E-state index contributed by atoms with van der Waals surface area (Å²) < 4.78 is 60.0. The van der Waals surface area contributed by atoms with E-state index in [0.717, 1.165) is 0 Å². The molecule has 4 heterocycles. The minimum atomic E-state index is -3.73. The number of alkyl halides is 2. The average molecular weight is 518 g/mol. The topological polar surface area (TPSA) is 124 Å². The first-order valence-corrected chi connectivity index (χ1v) is 12.3. The van der Waals surface area contributed by atoms with Gasteiger partial charge in [-0.2, -0.15) is 19.0 Å². The monoisotopic (exact) mass is 517 g/mol. The molecular weight excluding hydrogens is 496 g/mol. The summed E-state index contributed by atoms with van der Waals surface area (Å²) in [5.41, 5.74) is 0.724. The molecule has 36 heavy (non-hydrogen) atoms. The van der Waals surface area contributed by atoms with Gasteiger partial charge in [0.1, 0.15) is 17.0 Å². The van der Waals surface area contributed by atoms with Gasteiger partial charge in [-0.25, -0.2) is 17.9 Å². The number of fused-ring (bicyclic) bond motifs is 1. The number of anilines is 1. The minimum Gasteiger partial charge on any atom is -0.434 e. The van der Waals surface area contributed by atoms with Crippen molar-refractivity contribution in [2.45, 2.75) is 16.8 Å². The smallest absolute Gasteiger partial charge is 0.387 e. The van der Waals surface area contributed by atoms with Crippen molar-refractivity contribution in [2.24, 2.45) is 7.05 Å². The van der Waals surface area contributed by atoms with Crippen LogP contribution in [0.4, 0.5) is 14.5 Å². The standard InChI is InChI=1S/C22H21F2N7O4S/c1-29-10-14(11-29)36(33,34)13-4-5-18(35-22(23)24)15(8-13)19-17(12-30(2)28-19)27-21(32)16-9-26-31-7-3-6-25-20(16)31/h3-9,12,14,22H,10-11H2,1-2H3,(H,27,32). The van der Waals surface area contributed by atoms with Crippen LogP contribution in [0.2, 0.25) is 0 Å². The number of carbonyl (C=O) groups excluding carboxylic acids is 1. The van der Waals surface area contributed by atoms with E-state index >= 15 is 0 Å². The fourth-order valence-corrected chi connectivity index (χ4v) is 5.88. The largest absolute Gasteiger partial charge is 0.434 e. The van der Waals surface area contributed by atoms with Gasteiger partial charge in [0.2, 0.25) is 0 Å². The normalized spacial score (nSPS) is 14.8. The molecule has 1 aliphatic heterocycles. The van der Waals surface area contributed by atoms with Gasteiger partial charge < -0.3 is 15.0 Å². The third-order valence-electron chi connectivity index (χ3n) is 5.82. The highest BCUT2D eigenvalue weighted by atomic mass is 32.2.